The van der Waals surface area contributed by atoms with Gasteiger partial charge in [-0.3, -0.25) is 4.90 Å². The molecule has 2 aromatic heterocycles. The predicted octanol–water partition coefficient (Wildman–Crippen LogP) is 2.24. The van der Waals surface area contributed by atoms with Gasteiger partial charge in [-0.1, -0.05) is 12.2 Å². The fourth-order valence-corrected chi connectivity index (χ4v) is 4.71. The minimum atomic E-state index is -0.556. The second kappa shape index (κ2) is 9.82. The number of halogens is 2. The molecule has 0 spiro atoms. The molecule has 2 saturated heterocycles. The monoisotopic (exact) mass is 496 g/mol. The Bertz CT molecular complexity index is 1250. The molecule has 0 aliphatic carbocycles. The molecule has 0 radical (unpaired) electrons. The molecule has 11 heteroatoms. The van der Waals surface area contributed by atoms with Crippen molar-refractivity contribution < 1.29 is 13.9 Å². The van der Waals surface area contributed by atoms with Crippen LogP contribution in [0, 0.1) is 18.6 Å². The maximum absolute atomic E-state index is 13.6. The number of β-amino-alcohol motifs (C(OH)–C–C–N with tert-alkyl or cyclic N) is 1. The summed E-state index contributed by atoms with van der Waals surface area (Å²) in [5, 5.41) is 14.1. The Kier molecular flexibility index (Phi) is 6.59. The third-order valence-corrected chi connectivity index (χ3v) is 6.78. The second-order valence-electron chi connectivity index (χ2n) is 9.42. The Balaban J connectivity index is 1.22. The molecule has 2 fully saturated rings. The van der Waals surface area contributed by atoms with Crippen LogP contribution in [0.25, 0.3) is 11.9 Å². The van der Waals surface area contributed by atoms with Crippen LogP contribution in [0.15, 0.2) is 36.5 Å². The molecular weight excluding hydrogens is 466 g/mol. The quantitative estimate of drug-likeness (QED) is 0.536. The first kappa shape index (κ1) is 24.1. The van der Waals surface area contributed by atoms with Crippen LogP contribution < -0.4 is 15.5 Å². The Morgan fingerprint density at radius 2 is 1.75 bits per heavy atom. The fraction of sp³-hybridized carbons (Fsp3) is 0.400. The van der Waals surface area contributed by atoms with Gasteiger partial charge in [-0.15, -0.1) is 0 Å². The van der Waals surface area contributed by atoms with E-state index >= 15 is 0 Å². The normalized spacial score (nSPS) is 19.3. The topological polar surface area (TPSA) is 99.6 Å². The Morgan fingerprint density at radius 1 is 1.03 bits per heavy atom. The number of hydrogen-bond donors (Lipinski definition) is 2. The molecule has 36 heavy (non-hydrogen) atoms. The third kappa shape index (κ3) is 5.02. The summed E-state index contributed by atoms with van der Waals surface area (Å²) < 4.78 is 29.0. The van der Waals surface area contributed by atoms with E-state index in [1.807, 2.05) is 28.9 Å². The van der Waals surface area contributed by atoms with Gasteiger partial charge in [-0.05, 0) is 26.0 Å². The van der Waals surface area contributed by atoms with Crippen LogP contribution in [-0.2, 0) is 0 Å². The van der Waals surface area contributed by atoms with Gasteiger partial charge in [0.25, 0.3) is 0 Å². The fourth-order valence-electron chi connectivity index (χ4n) is 4.71. The number of rotatable bonds is 6. The number of benzene rings is 1. The van der Waals surface area contributed by atoms with E-state index in [0.717, 1.165) is 30.4 Å². The molecular formula is C25H30F2N8O. The number of nitrogens with two attached hydrogens (primary N) is 1. The van der Waals surface area contributed by atoms with E-state index in [1.165, 1.54) is 12.1 Å². The number of hydrogen-bond acceptors (Lipinski definition) is 8. The van der Waals surface area contributed by atoms with Gasteiger partial charge in [0.1, 0.15) is 17.5 Å². The highest BCUT2D eigenvalue weighted by Crippen LogP contribution is 2.24. The van der Waals surface area contributed by atoms with Crippen LogP contribution in [-0.4, -0.2) is 81.2 Å². The Morgan fingerprint density at radius 3 is 2.44 bits per heavy atom. The van der Waals surface area contributed by atoms with Gasteiger partial charge < -0.3 is 20.6 Å². The zero-order valence-corrected chi connectivity index (χ0v) is 20.3. The highest BCUT2D eigenvalue weighted by molar-refractivity contribution is 5.55. The first-order valence-electron chi connectivity index (χ1n) is 12.0. The van der Waals surface area contributed by atoms with Gasteiger partial charge in [-0.25, -0.2) is 13.5 Å². The van der Waals surface area contributed by atoms with Gasteiger partial charge in [0.15, 0.2) is 5.82 Å². The maximum atomic E-state index is 13.6. The van der Waals surface area contributed by atoms with Crippen LogP contribution in [0.2, 0.25) is 0 Å². The Labute approximate surface area is 208 Å². The SMILES string of the molecule is Cc1c(C=CCN2CCN(c3cc(F)cc(F)c3)C[C@H]2C)cnn1-c1cc(N2CC(O)C2)nc(N)n1. The van der Waals surface area contributed by atoms with Crippen LogP contribution in [0.4, 0.5) is 26.2 Å². The molecule has 9 nitrogen and oxygen atoms in total. The summed E-state index contributed by atoms with van der Waals surface area (Å²) >= 11 is 0. The highest BCUT2D eigenvalue weighted by atomic mass is 19.1. The van der Waals surface area contributed by atoms with Crippen molar-refractivity contribution in [3.63, 3.8) is 0 Å². The van der Waals surface area contributed by atoms with Crippen LogP contribution in [0.3, 0.4) is 0 Å². The third-order valence-electron chi connectivity index (χ3n) is 6.78. The van der Waals surface area contributed by atoms with E-state index in [4.69, 9.17) is 5.73 Å². The standard InChI is InChI=1S/C25H30F2N8O/c1-16-13-33(21-9-19(26)8-20(27)10-21)7-6-32(16)5-3-4-18-12-29-35(17(18)2)24-11-23(30-25(28)31-24)34-14-22(36)15-34/h3-4,8-12,16,22,36H,5-7,13-15H2,1-2H3,(H2,28,30,31)/t16-/m1/s1. The van der Waals surface area contributed by atoms with E-state index < -0.39 is 11.6 Å². The number of aliphatic hydroxyl groups is 1. The number of aliphatic hydroxyl groups excluding tert-OH is 1. The van der Waals surface area contributed by atoms with Crippen molar-refractivity contribution in [2.45, 2.75) is 26.0 Å². The lowest BCUT2D eigenvalue weighted by Crippen LogP contribution is -2.51. The summed E-state index contributed by atoms with van der Waals surface area (Å²) in [4.78, 5) is 14.9. The molecule has 1 atom stereocenters. The first-order chi connectivity index (χ1) is 17.3. The van der Waals surface area contributed by atoms with Crippen molar-refractivity contribution in [3.05, 3.63) is 59.4 Å². The van der Waals surface area contributed by atoms with Gasteiger partial charge >= 0.3 is 0 Å². The van der Waals surface area contributed by atoms with Crippen molar-refractivity contribution in [2.75, 3.05) is 54.8 Å². The average Bonchev–Trinajstić information content (AvgIpc) is 3.17. The lowest BCUT2D eigenvalue weighted by molar-refractivity contribution is 0.141. The van der Waals surface area contributed by atoms with E-state index in [1.54, 1.807) is 10.9 Å². The molecule has 0 unspecified atom stereocenters. The second-order valence-corrected chi connectivity index (χ2v) is 9.42. The molecule has 0 bridgehead atoms. The number of nitrogens with zero attached hydrogens (tertiary/aromatic N) is 7. The highest BCUT2D eigenvalue weighted by Gasteiger charge is 2.27. The maximum Gasteiger partial charge on any atom is 0.224 e. The summed E-state index contributed by atoms with van der Waals surface area (Å²) in [5.74, 6) is 0.293. The number of aromatic nitrogens is 4. The van der Waals surface area contributed by atoms with E-state index in [-0.39, 0.29) is 18.1 Å². The van der Waals surface area contributed by atoms with Crippen molar-refractivity contribution in [2.24, 2.45) is 0 Å². The number of nitrogen functional groups attached to an aromatic ring is 1. The van der Waals surface area contributed by atoms with Gasteiger partial charge in [0.2, 0.25) is 5.95 Å². The first-order valence-corrected chi connectivity index (χ1v) is 12.0. The summed E-state index contributed by atoms with van der Waals surface area (Å²) in [5.41, 5.74) is 8.40. The largest absolute Gasteiger partial charge is 0.389 e. The molecule has 0 amide bonds. The van der Waals surface area contributed by atoms with Crippen molar-refractivity contribution in [3.8, 4) is 5.82 Å². The van der Waals surface area contributed by atoms with Crippen molar-refractivity contribution >= 4 is 23.5 Å². The summed E-state index contributed by atoms with van der Waals surface area (Å²) in [6, 6.07) is 5.70. The average molecular weight is 497 g/mol. The lowest BCUT2D eigenvalue weighted by Gasteiger charge is -2.40. The van der Waals surface area contributed by atoms with Gasteiger partial charge in [-0.2, -0.15) is 15.1 Å². The van der Waals surface area contributed by atoms with Crippen LogP contribution in [0.5, 0.6) is 0 Å². The molecule has 0 saturated carbocycles. The van der Waals surface area contributed by atoms with Crippen LogP contribution >= 0.6 is 0 Å². The van der Waals surface area contributed by atoms with Gasteiger partial charge in [0.05, 0.1) is 18.0 Å². The molecule has 3 aromatic rings. The summed E-state index contributed by atoms with van der Waals surface area (Å²) in [6.07, 6.45) is 5.58. The van der Waals surface area contributed by atoms with Gasteiger partial charge in [0, 0.05) is 68.7 Å². The molecule has 2 aliphatic heterocycles. The minimum absolute atomic E-state index is 0.157. The van der Waals surface area contributed by atoms with E-state index in [0.29, 0.717) is 43.5 Å². The number of anilines is 3. The molecule has 5 rings (SSSR count). The predicted molar refractivity (Wildman–Crippen MR) is 135 cm³/mol. The molecule has 2 aliphatic rings. The molecule has 3 N–H and O–H groups in total. The van der Waals surface area contributed by atoms with E-state index in [9.17, 15) is 13.9 Å². The molecule has 4 heterocycles. The smallest absolute Gasteiger partial charge is 0.224 e. The molecule has 1 aromatic carbocycles. The molecule has 190 valence electrons. The van der Waals surface area contributed by atoms with Crippen LogP contribution in [0.1, 0.15) is 18.2 Å². The van der Waals surface area contributed by atoms with E-state index in [2.05, 4.69) is 33.0 Å². The lowest BCUT2D eigenvalue weighted by atomic mass is 10.1. The Hall–Kier alpha value is -3.57. The van der Waals surface area contributed by atoms with Crippen molar-refractivity contribution in [1.29, 1.82) is 0 Å². The van der Waals surface area contributed by atoms with Crippen molar-refractivity contribution in [1.82, 2.24) is 24.6 Å². The summed E-state index contributed by atoms with van der Waals surface area (Å²) in [6.45, 7) is 8.06. The zero-order chi connectivity index (χ0) is 25.4. The number of piperazine rings is 1. The zero-order valence-electron chi connectivity index (χ0n) is 20.3. The summed E-state index contributed by atoms with van der Waals surface area (Å²) in [7, 11) is 0. The minimum Gasteiger partial charge on any atom is -0.389 e.